The lowest BCUT2D eigenvalue weighted by molar-refractivity contribution is 0.137. The molecule has 0 bridgehead atoms. The first-order valence-electron chi connectivity index (χ1n) is 7.04. The van der Waals surface area contributed by atoms with E-state index in [0.717, 1.165) is 18.7 Å². The Morgan fingerprint density at radius 3 is 2.95 bits per heavy atom. The summed E-state index contributed by atoms with van der Waals surface area (Å²) in [5, 5.41) is 3.60. The largest absolute Gasteiger partial charge is 0.487 e. The zero-order valence-corrected chi connectivity index (χ0v) is 13.3. The van der Waals surface area contributed by atoms with Gasteiger partial charge in [0.15, 0.2) is 0 Å². The van der Waals surface area contributed by atoms with Crippen molar-refractivity contribution >= 4 is 11.8 Å². The van der Waals surface area contributed by atoms with Gasteiger partial charge in [-0.2, -0.15) is 11.8 Å². The predicted molar refractivity (Wildman–Crippen MR) is 84.2 cm³/mol. The molecule has 1 aliphatic heterocycles. The number of hydrogen-bond acceptors (Lipinski definition) is 3. The van der Waals surface area contributed by atoms with Crippen LogP contribution in [0.2, 0.25) is 0 Å². The topological polar surface area (TPSA) is 21.3 Å². The van der Waals surface area contributed by atoms with Crippen LogP contribution in [0.15, 0.2) is 18.2 Å². The van der Waals surface area contributed by atoms with E-state index < -0.39 is 0 Å². The second-order valence-corrected chi connectivity index (χ2v) is 6.99. The summed E-state index contributed by atoms with van der Waals surface area (Å²) in [6.45, 7) is 7.47. The van der Waals surface area contributed by atoms with Gasteiger partial charge in [0.25, 0.3) is 0 Å². The Kier molecular flexibility index (Phi) is 4.80. The van der Waals surface area contributed by atoms with Crippen LogP contribution < -0.4 is 10.1 Å². The van der Waals surface area contributed by atoms with Gasteiger partial charge in [0.2, 0.25) is 0 Å². The molecule has 1 N–H and O–H groups in total. The summed E-state index contributed by atoms with van der Waals surface area (Å²) in [7, 11) is 0. The molecular formula is C16H25NOS. The van der Waals surface area contributed by atoms with Gasteiger partial charge in [-0.3, -0.25) is 0 Å². The highest BCUT2D eigenvalue weighted by molar-refractivity contribution is 7.98. The fourth-order valence-corrected chi connectivity index (χ4v) is 3.09. The molecular weight excluding hydrogens is 254 g/mol. The van der Waals surface area contributed by atoms with Gasteiger partial charge in [-0.05, 0) is 44.8 Å². The second-order valence-electron chi connectivity index (χ2n) is 6.01. The molecule has 1 unspecified atom stereocenters. The van der Waals surface area contributed by atoms with E-state index in [1.165, 1.54) is 23.3 Å². The van der Waals surface area contributed by atoms with E-state index in [4.69, 9.17) is 4.74 Å². The van der Waals surface area contributed by atoms with Crippen LogP contribution >= 0.6 is 11.8 Å². The standard InChI is InChI=1S/C16H25NOS/c1-12(8-9-19-4)17-11-14-7-5-6-13-10-16(2,3)18-15(13)14/h5-7,12,17H,8-11H2,1-4H3. The lowest BCUT2D eigenvalue weighted by atomic mass is 10.0. The average molecular weight is 279 g/mol. The van der Waals surface area contributed by atoms with E-state index in [0.29, 0.717) is 6.04 Å². The number of para-hydroxylation sites is 1. The molecule has 0 aromatic heterocycles. The first-order chi connectivity index (χ1) is 9.02. The highest BCUT2D eigenvalue weighted by atomic mass is 32.2. The number of benzene rings is 1. The summed E-state index contributed by atoms with van der Waals surface area (Å²) in [6, 6.07) is 7.06. The number of rotatable bonds is 6. The van der Waals surface area contributed by atoms with Gasteiger partial charge in [-0.1, -0.05) is 18.2 Å². The van der Waals surface area contributed by atoms with Gasteiger partial charge in [0.1, 0.15) is 11.4 Å². The SMILES string of the molecule is CSCCC(C)NCc1cccc2c1OC(C)(C)C2. The maximum Gasteiger partial charge on any atom is 0.127 e. The molecule has 3 heteroatoms. The van der Waals surface area contributed by atoms with E-state index >= 15 is 0 Å². The minimum Gasteiger partial charge on any atom is -0.487 e. The van der Waals surface area contributed by atoms with Crippen molar-refractivity contribution in [2.24, 2.45) is 0 Å². The quantitative estimate of drug-likeness (QED) is 0.859. The fourth-order valence-electron chi connectivity index (χ4n) is 2.50. The monoisotopic (exact) mass is 279 g/mol. The summed E-state index contributed by atoms with van der Waals surface area (Å²) in [5.74, 6) is 2.32. The van der Waals surface area contributed by atoms with Gasteiger partial charge in [-0.25, -0.2) is 0 Å². The molecule has 1 aliphatic rings. The highest BCUT2D eigenvalue weighted by Crippen LogP contribution is 2.37. The molecule has 2 rings (SSSR count). The lowest BCUT2D eigenvalue weighted by Gasteiger charge is -2.19. The molecule has 0 saturated heterocycles. The van der Waals surface area contributed by atoms with Gasteiger partial charge in [0, 0.05) is 24.6 Å². The van der Waals surface area contributed by atoms with E-state index in [1.54, 1.807) is 0 Å². The second kappa shape index (κ2) is 6.19. The zero-order valence-electron chi connectivity index (χ0n) is 12.5. The first-order valence-corrected chi connectivity index (χ1v) is 8.43. The van der Waals surface area contributed by atoms with Crippen LogP contribution in [0.4, 0.5) is 0 Å². The van der Waals surface area contributed by atoms with Gasteiger partial charge in [-0.15, -0.1) is 0 Å². The Labute approximate surface area is 121 Å². The number of thioether (sulfide) groups is 1. The molecule has 1 aromatic rings. The minimum atomic E-state index is -0.0527. The van der Waals surface area contributed by atoms with Crippen molar-refractivity contribution in [3.8, 4) is 5.75 Å². The zero-order chi connectivity index (χ0) is 13.9. The molecule has 1 heterocycles. The van der Waals surface area contributed by atoms with Gasteiger partial charge < -0.3 is 10.1 Å². The number of fused-ring (bicyclic) bond motifs is 1. The van der Waals surface area contributed by atoms with Crippen LogP contribution in [0, 0.1) is 0 Å². The van der Waals surface area contributed by atoms with Crippen molar-refractivity contribution in [1.29, 1.82) is 0 Å². The molecule has 0 spiro atoms. The predicted octanol–water partition coefficient (Wildman–Crippen LogP) is 3.63. The van der Waals surface area contributed by atoms with Crippen molar-refractivity contribution in [2.45, 2.75) is 51.8 Å². The maximum atomic E-state index is 6.09. The smallest absolute Gasteiger partial charge is 0.127 e. The molecule has 19 heavy (non-hydrogen) atoms. The average Bonchev–Trinajstić information content (AvgIpc) is 2.68. The third kappa shape index (κ3) is 3.90. The Hall–Kier alpha value is -0.670. The third-order valence-corrected chi connectivity index (χ3v) is 4.21. The normalized spacial score (nSPS) is 17.9. The van der Waals surface area contributed by atoms with Crippen LogP contribution in [-0.4, -0.2) is 23.7 Å². The first kappa shape index (κ1) is 14.7. The molecule has 2 nitrogen and oxygen atoms in total. The fraction of sp³-hybridized carbons (Fsp3) is 0.625. The molecule has 1 atom stereocenters. The van der Waals surface area contributed by atoms with Crippen LogP contribution in [0.3, 0.4) is 0 Å². The van der Waals surface area contributed by atoms with Crippen LogP contribution in [0.1, 0.15) is 38.3 Å². The molecule has 0 amide bonds. The summed E-state index contributed by atoms with van der Waals surface area (Å²) in [5.41, 5.74) is 2.59. The molecule has 0 radical (unpaired) electrons. The molecule has 0 aliphatic carbocycles. The minimum absolute atomic E-state index is 0.0527. The van der Waals surface area contributed by atoms with Gasteiger partial charge >= 0.3 is 0 Å². The molecule has 1 aromatic carbocycles. The Bertz CT molecular complexity index is 431. The highest BCUT2D eigenvalue weighted by Gasteiger charge is 2.31. The summed E-state index contributed by atoms with van der Waals surface area (Å²) in [6.07, 6.45) is 4.38. The Morgan fingerprint density at radius 2 is 2.21 bits per heavy atom. The van der Waals surface area contributed by atoms with Crippen molar-refractivity contribution in [1.82, 2.24) is 5.32 Å². The summed E-state index contributed by atoms with van der Waals surface area (Å²) >= 11 is 1.91. The van der Waals surface area contributed by atoms with Crippen LogP contribution in [-0.2, 0) is 13.0 Å². The van der Waals surface area contributed by atoms with E-state index in [9.17, 15) is 0 Å². The van der Waals surface area contributed by atoms with Crippen molar-refractivity contribution in [3.05, 3.63) is 29.3 Å². The van der Waals surface area contributed by atoms with Crippen LogP contribution in [0.5, 0.6) is 5.75 Å². The number of hydrogen-bond donors (Lipinski definition) is 1. The molecule has 0 saturated carbocycles. The van der Waals surface area contributed by atoms with Gasteiger partial charge in [0.05, 0.1) is 0 Å². The molecule has 0 fully saturated rings. The van der Waals surface area contributed by atoms with Crippen LogP contribution in [0.25, 0.3) is 0 Å². The van der Waals surface area contributed by atoms with E-state index in [1.807, 2.05) is 11.8 Å². The Balaban J connectivity index is 1.98. The van der Waals surface area contributed by atoms with Crippen molar-refractivity contribution in [2.75, 3.05) is 12.0 Å². The van der Waals surface area contributed by atoms with E-state index in [-0.39, 0.29) is 5.60 Å². The molecule has 106 valence electrons. The Morgan fingerprint density at radius 1 is 1.42 bits per heavy atom. The maximum absolute atomic E-state index is 6.09. The van der Waals surface area contributed by atoms with Crippen molar-refractivity contribution in [3.63, 3.8) is 0 Å². The summed E-state index contributed by atoms with van der Waals surface area (Å²) in [4.78, 5) is 0. The number of ether oxygens (including phenoxy) is 1. The summed E-state index contributed by atoms with van der Waals surface area (Å²) < 4.78 is 6.09. The lowest BCUT2D eigenvalue weighted by Crippen LogP contribution is -2.27. The van der Waals surface area contributed by atoms with E-state index in [2.05, 4.69) is 50.5 Å². The third-order valence-electron chi connectivity index (χ3n) is 3.57. The van der Waals surface area contributed by atoms with Crippen molar-refractivity contribution < 1.29 is 4.74 Å². The number of nitrogens with one attached hydrogen (secondary N) is 1.